The van der Waals surface area contributed by atoms with Crippen LogP contribution in [0.3, 0.4) is 0 Å². The van der Waals surface area contributed by atoms with Gasteiger partial charge in [-0.3, -0.25) is 0 Å². The van der Waals surface area contributed by atoms with Gasteiger partial charge in [-0.15, -0.1) is 0 Å². The predicted molar refractivity (Wildman–Crippen MR) is 66.6 cm³/mol. The van der Waals surface area contributed by atoms with Crippen molar-refractivity contribution in [3.05, 3.63) is 28.8 Å². The number of halogens is 1. The molecule has 0 aromatic heterocycles. The van der Waals surface area contributed by atoms with Crippen LogP contribution in [0.25, 0.3) is 0 Å². The minimum Gasteiger partial charge on any atom is -0.381 e. The van der Waals surface area contributed by atoms with Gasteiger partial charge >= 0.3 is 0 Å². The van der Waals surface area contributed by atoms with Gasteiger partial charge < -0.3 is 5.32 Å². The lowest BCUT2D eigenvalue weighted by Crippen LogP contribution is -2.05. The van der Waals surface area contributed by atoms with Gasteiger partial charge in [0.25, 0.3) is 0 Å². The highest BCUT2D eigenvalue weighted by molar-refractivity contribution is 6.33. The molecule has 2 rings (SSSR count). The van der Waals surface area contributed by atoms with Gasteiger partial charge in [0.1, 0.15) is 0 Å². The summed E-state index contributed by atoms with van der Waals surface area (Å²) in [6.45, 7) is 2.21. The third-order valence-electron chi connectivity index (χ3n) is 3.02. The van der Waals surface area contributed by atoms with Crippen LogP contribution in [0.4, 0.5) is 5.69 Å². The Morgan fingerprint density at radius 1 is 1.56 bits per heavy atom. The van der Waals surface area contributed by atoms with Crippen LogP contribution in [0, 0.1) is 17.2 Å². The number of nitriles is 1. The molecule has 0 heterocycles. The standard InChI is InChI=1S/C13H15ClN2/c1-2-3-10-7-13(10)16-12-5-4-9(8-15)6-11(12)14/h4-6,10,13,16H,2-3,7H2,1H3. The minimum absolute atomic E-state index is 0.574. The molecule has 2 nitrogen and oxygen atoms in total. The van der Waals surface area contributed by atoms with Crippen LogP contribution in [-0.2, 0) is 0 Å². The Balaban J connectivity index is 1.99. The Labute approximate surface area is 101 Å². The van der Waals surface area contributed by atoms with Crippen molar-refractivity contribution in [2.75, 3.05) is 5.32 Å². The highest BCUT2D eigenvalue weighted by Gasteiger charge is 2.36. The van der Waals surface area contributed by atoms with Crippen molar-refractivity contribution in [2.45, 2.75) is 32.2 Å². The summed E-state index contributed by atoms with van der Waals surface area (Å²) in [7, 11) is 0. The average Bonchev–Trinajstić information content (AvgIpc) is 3.00. The molecule has 1 saturated carbocycles. The Bertz CT molecular complexity index is 422. The first-order valence-electron chi connectivity index (χ1n) is 5.70. The van der Waals surface area contributed by atoms with Gasteiger partial charge in [-0.1, -0.05) is 24.9 Å². The Morgan fingerprint density at radius 2 is 2.38 bits per heavy atom. The molecular weight excluding hydrogens is 220 g/mol. The van der Waals surface area contributed by atoms with Crippen LogP contribution < -0.4 is 5.32 Å². The first-order chi connectivity index (χ1) is 7.74. The van der Waals surface area contributed by atoms with Crippen molar-refractivity contribution in [3.8, 4) is 6.07 Å². The van der Waals surface area contributed by atoms with Crippen molar-refractivity contribution in [1.29, 1.82) is 5.26 Å². The van der Waals surface area contributed by atoms with Gasteiger partial charge in [-0.2, -0.15) is 5.26 Å². The maximum absolute atomic E-state index is 8.73. The largest absolute Gasteiger partial charge is 0.381 e. The number of benzene rings is 1. The molecule has 1 N–H and O–H groups in total. The van der Waals surface area contributed by atoms with E-state index in [9.17, 15) is 0 Å². The number of hydrogen-bond donors (Lipinski definition) is 1. The highest BCUT2D eigenvalue weighted by atomic mass is 35.5. The molecule has 0 saturated heterocycles. The zero-order valence-corrected chi connectivity index (χ0v) is 10.1. The number of hydrogen-bond acceptors (Lipinski definition) is 2. The molecule has 3 heteroatoms. The smallest absolute Gasteiger partial charge is 0.0992 e. The fourth-order valence-corrected chi connectivity index (χ4v) is 2.25. The minimum atomic E-state index is 0.574. The Kier molecular flexibility index (Phi) is 3.36. The molecule has 16 heavy (non-hydrogen) atoms. The zero-order valence-electron chi connectivity index (χ0n) is 9.33. The SMILES string of the molecule is CCCC1CC1Nc1ccc(C#N)cc1Cl. The first-order valence-corrected chi connectivity index (χ1v) is 6.08. The summed E-state index contributed by atoms with van der Waals surface area (Å²) in [5.41, 5.74) is 1.56. The average molecular weight is 235 g/mol. The normalized spacial score (nSPS) is 22.6. The van der Waals surface area contributed by atoms with Gasteiger partial charge in [0, 0.05) is 6.04 Å². The van der Waals surface area contributed by atoms with E-state index in [-0.39, 0.29) is 0 Å². The molecule has 0 amide bonds. The van der Waals surface area contributed by atoms with Gasteiger partial charge in [-0.25, -0.2) is 0 Å². The lowest BCUT2D eigenvalue weighted by molar-refractivity contribution is 0.693. The van der Waals surface area contributed by atoms with E-state index in [1.54, 1.807) is 12.1 Å². The number of anilines is 1. The van der Waals surface area contributed by atoms with E-state index in [0.29, 0.717) is 16.6 Å². The summed E-state index contributed by atoms with van der Waals surface area (Å²) in [6, 6.07) is 8.05. The Hall–Kier alpha value is -1.20. The van der Waals surface area contributed by atoms with Crippen LogP contribution >= 0.6 is 11.6 Å². The van der Waals surface area contributed by atoms with Gasteiger partial charge in [-0.05, 0) is 37.0 Å². The molecule has 1 aliphatic rings. The zero-order chi connectivity index (χ0) is 11.5. The molecule has 0 radical (unpaired) electrons. The maximum Gasteiger partial charge on any atom is 0.0992 e. The van der Waals surface area contributed by atoms with E-state index in [0.717, 1.165) is 11.6 Å². The summed E-state index contributed by atoms with van der Waals surface area (Å²) in [4.78, 5) is 0. The molecule has 2 unspecified atom stereocenters. The van der Waals surface area contributed by atoms with Crippen LogP contribution in [-0.4, -0.2) is 6.04 Å². The predicted octanol–water partition coefficient (Wildman–Crippen LogP) is 3.81. The van der Waals surface area contributed by atoms with E-state index < -0.39 is 0 Å². The summed E-state index contributed by atoms with van der Waals surface area (Å²) in [6.07, 6.45) is 3.76. The fourth-order valence-electron chi connectivity index (χ4n) is 2.02. The van der Waals surface area contributed by atoms with Gasteiger partial charge in [0.2, 0.25) is 0 Å². The fraction of sp³-hybridized carbons (Fsp3) is 0.462. The van der Waals surface area contributed by atoms with E-state index >= 15 is 0 Å². The summed E-state index contributed by atoms with van der Waals surface area (Å²) in [5.74, 6) is 0.803. The molecule has 1 aromatic rings. The van der Waals surface area contributed by atoms with Gasteiger partial charge in [0.15, 0.2) is 0 Å². The van der Waals surface area contributed by atoms with E-state index in [4.69, 9.17) is 16.9 Å². The maximum atomic E-state index is 8.73. The number of rotatable bonds is 4. The van der Waals surface area contributed by atoms with E-state index in [1.165, 1.54) is 19.3 Å². The second-order valence-electron chi connectivity index (χ2n) is 4.34. The Morgan fingerprint density at radius 3 is 3.00 bits per heavy atom. The van der Waals surface area contributed by atoms with E-state index in [1.807, 2.05) is 6.07 Å². The molecule has 0 spiro atoms. The van der Waals surface area contributed by atoms with Crippen molar-refractivity contribution in [1.82, 2.24) is 0 Å². The van der Waals surface area contributed by atoms with Crippen molar-refractivity contribution >= 4 is 17.3 Å². The second kappa shape index (κ2) is 4.76. The van der Waals surface area contributed by atoms with Crippen molar-refractivity contribution in [3.63, 3.8) is 0 Å². The summed E-state index contributed by atoms with van der Waals surface area (Å²) in [5, 5.41) is 12.8. The molecule has 1 fully saturated rings. The molecule has 0 bridgehead atoms. The van der Waals surface area contributed by atoms with Crippen LogP contribution in [0.1, 0.15) is 31.7 Å². The topological polar surface area (TPSA) is 35.8 Å². The van der Waals surface area contributed by atoms with Crippen LogP contribution in [0.2, 0.25) is 5.02 Å². The number of nitrogens with zero attached hydrogens (tertiary/aromatic N) is 1. The highest BCUT2D eigenvalue weighted by Crippen LogP contribution is 2.38. The molecule has 1 aliphatic carbocycles. The molecule has 84 valence electrons. The molecular formula is C13H15ClN2. The first kappa shape index (κ1) is 11.3. The molecule has 0 aliphatic heterocycles. The van der Waals surface area contributed by atoms with Crippen molar-refractivity contribution < 1.29 is 0 Å². The molecule has 1 aromatic carbocycles. The quantitative estimate of drug-likeness (QED) is 0.860. The third kappa shape index (κ3) is 2.48. The lowest BCUT2D eigenvalue weighted by atomic mass is 10.2. The van der Waals surface area contributed by atoms with Gasteiger partial charge in [0.05, 0.1) is 22.3 Å². The second-order valence-corrected chi connectivity index (χ2v) is 4.75. The monoisotopic (exact) mass is 234 g/mol. The van der Waals surface area contributed by atoms with Crippen LogP contribution in [0.15, 0.2) is 18.2 Å². The number of nitrogens with one attached hydrogen (secondary N) is 1. The lowest BCUT2D eigenvalue weighted by Gasteiger charge is -2.07. The molecule has 2 atom stereocenters. The summed E-state index contributed by atoms with van der Waals surface area (Å²) >= 11 is 6.09. The third-order valence-corrected chi connectivity index (χ3v) is 3.33. The summed E-state index contributed by atoms with van der Waals surface area (Å²) < 4.78 is 0. The van der Waals surface area contributed by atoms with Crippen LogP contribution in [0.5, 0.6) is 0 Å². The van der Waals surface area contributed by atoms with Crippen molar-refractivity contribution in [2.24, 2.45) is 5.92 Å². The van der Waals surface area contributed by atoms with E-state index in [2.05, 4.69) is 18.3 Å².